The summed E-state index contributed by atoms with van der Waals surface area (Å²) in [6.45, 7) is 2.91. The second-order valence-corrected chi connectivity index (χ2v) is 7.11. The van der Waals surface area contributed by atoms with Gasteiger partial charge in [-0.2, -0.15) is 0 Å². The molecule has 1 amide bonds. The summed E-state index contributed by atoms with van der Waals surface area (Å²) < 4.78 is 15.2. The van der Waals surface area contributed by atoms with Gasteiger partial charge >= 0.3 is 0 Å². The Balaban J connectivity index is 1.36. The average molecular weight is 357 g/mol. The molecule has 2 aliphatic rings. The van der Waals surface area contributed by atoms with Gasteiger partial charge in [-0.1, -0.05) is 12.1 Å². The number of carbonyl (C=O) groups excluding carboxylic acids is 1. The number of likely N-dealkylation sites (tertiary alicyclic amines) is 1. The van der Waals surface area contributed by atoms with Crippen molar-refractivity contribution in [1.82, 2.24) is 25.0 Å². The van der Waals surface area contributed by atoms with E-state index in [0.717, 1.165) is 62.4 Å². The molecule has 0 spiro atoms. The van der Waals surface area contributed by atoms with Crippen LogP contribution in [0.4, 0.5) is 4.39 Å². The Morgan fingerprint density at radius 1 is 1.15 bits per heavy atom. The van der Waals surface area contributed by atoms with E-state index in [1.807, 2.05) is 0 Å². The molecule has 138 valence electrons. The highest BCUT2D eigenvalue weighted by molar-refractivity contribution is 5.81. The van der Waals surface area contributed by atoms with E-state index in [4.69, 9.17) is 0 Å². The Morgan fingerprint density at radius 2 is 2.00 bits per heavy atom. The van der Waals surface area contributed by atoms with Gasteiger partial charge in [0, 0.05) is 19.5 Å². The summed E-state index contributed by atoms with van der Waals surface area (Å²) in [5.41, 5.74) is 1.03. The first-order valence-corrected chi connectivity index (χ1v) is 9.38. The van der Waals surface area contributed by atoms with Crippen LogP contribution in [0.5, 0.6) is 0 Å². The molecule has 7 heteroatoms. The van der Waals surface area contributed by atoms with E-state index in [9.17, 15) is 9.18 Å². The molecular weight excluding hydrogens is 333 g/mol. The van der Waals surface area contributed by atoms with Gasteiger partial charge in [-0.25, -0.2) is 4.39 Å². The number of aryl methyl sites for hydroxylation is 1. The number of nitrogens with zero attached hydrogens (tertiary/aromatic N) is 4. The van der Waals surface area contributed by atoms with Gasteiger partial charge in [-0.15, -0.1) is 10.2 Å². The first kappa shape index (κ1) is 17.1. The fourth-order valence-corrected chi connectivity index (χ4v) is 3.92. The number of aromatic nitrogens is 3. The SMILES string of the molecule is O=C(NCc1nnc2n1CCCC2)C1CCCN1Cc1ccc(F)cc1. The number of nitrogens with one attached hydrogen (secondary N) is 1. The summed E-state index contributed by atoms with van der Waals surface area (Å²) >= 11 is 0. The molecule has 0 saturated carbocycles. The lowest BCUT2D eigenvalue weighted by Gasteiger charge is -2.24. The normalized spacial score (nSPS) is 20.1. The standard InChI is InChI=1S/C19H24FN5O/c20-15-8-6-14(7-9-15)13-24-10-3-4-16(24)19(26)21-12-18-23-22-17-5-1-2-11-25(17)18/h6-9,16H,1-5,10-13H2,(H,21,26). The van der Waals surface area contributed by atoms with Crippen LogP contribution in [0, 0.1) is 5.82 Å². The third kappa shape index (κ3) is 3.62. The molecule has 6 nitrogen and oxygen atoms in total. The van der Waals surface area contributed by atoms with Crippen LogP contribution in [0.15, 0.2) is 24.3 Å². The van der Waals surface area contributed by atoms with Gasteiger partial charge in [0.15, 0.2) is 5.82 Å². The van der Waals surface area contributed by atoms with Gasteiger partial charge < -0.3 is 9.88 Å². The molecule has 26 heavy (non-hydrogen) atoms. The van der Waals surface area contributed by atoms with Crippen molar-refractivity contribution in [3.05, 3.63) is 47.3 Å². The van der Waals surface area contributed by atoms with Gasteiger partial charge in [0.25, 0.3) is 0 Å². The number of fused-ring (bicyclic) bond motifs is 1. The summed E-state index contributed by atoms with van der Waals surface area (Å²) in [5.74, 6) is 1.68. The number of rotatable bonds is 5. The van der Waals surface area contributed by atoms with E-state index >= 15 is 0 Å². The van der Waals surface area contributed by atoms with E-state index in [1.165, 1.54) is 12.1 Å². The average Bonchev–Trinajstić information content (AvgIpc) is 3.29. The maximum atomic E-state index is 13.1. The molecule has 0 bridgehead atoms. The molecule has 1 fully saturated rings. The molecule has 1 N–H and O–H groups in total. The predicted molar refractivity (Wildman–Crippen MR) is 94.6 cm³/mol. The van der Waals surface area contributed by atoms with Crippen molar-refractivity contribution in [2.75, 3.05) is 6.54 Å². The van der Waals surface area contributed by atoms with Crippen LogP contribution in [-0.2, 0) is 30.8 Å². The van der Waals surface area contributed by atoms with E-state index in [0.29, 0.717) is 13.1 Å². The smallest absolute Gasteiger partial charge is 0.237 e. The van der Waals surface area contributed by atoms with Gasteiger partial charge in [0.1, 0.15) is 11.6 Å². The number of halogens is 1. The molecule has 0 aliphatic carbocycles. The van der Waals surface area contributed by atoms with Gasteiger partial charge in [-0.3, -0.25) is 9.69 Å². The zero-order valence-electron chi connectivity index (χ0n) is 14.8. The van der Waals surface area contributed by atoms with Crippen LogP contribution < -0.4 is 5.32 Å². The molecule has 1 aromatic carbocycles. The minimum Gasteiger partial charge on any atom is -0.347 e. The van der Waals surface area contributed by atoms with Crippen LogP contribution in [-0.4, -0.2) is 38.2 Å². The second-order valence-electron chi connectivity index (χ2n) is 7.11. The first-order valence-electron chi connectivity index (χ1n) is 9.38. The molecule has 1 aromatic heterocycles. The lowest BCUT2D eigenvalue weighted by Crippen LogP contribution is -2.43. The summed E-state index contributed by atoms with van der Waals surface area (Å²) in [6.07, 6.45) is 5.12. The van der Waals surface area contributed by atoms with Crippen molar-refractivity contribution < 1.29 is 9.18 Å². The minimum atomic E-state index is -0.235. The summed E-state index contributed by atoms with van der Waals surface area (Å²) in [7, 11) is 0. The highest BCUT2D eigenvalue weighted by Gasteiger charge is 2.30. The van der Waals surface area contributed by atoms with Crippen LogP contribution in [0.2, 0.25) is 0 Å². The van der Waals surface area contributed by atoms with Gasteiger partial charge in [0.05, 0.1) is 12.6 Å². The largest absolute Gasteiger partial charge is 0.347 e. The number of hydrogen-bond acceptors (Lipinski definition) is 4. The Morgan fingerprint density at radius 3 is 2.85 bits per heavy atom. The Labute approximate surface area is 152 Å². The number of benzene rings is 1. The van der Waals surface area contributed by atoms with Gasteiger partial charge in [0.2, 0.25) is 5.91 Å². The molecule has 0 radical (unpaired) electrons. The third-order valence-electron chi connectivity index (χ3n) is 5.32. The zero-order chi connectivity index (χ0) is 17.9. The van der Waals surface area contributed by atoms with E-state index in [2.05, 4.69) is 25.0 Å². The third-order valence-corrected chi connectivity index (χ3v) is 5.32. The number of carbonyl (C=O) groups is 1. The molecule has 2 aromatic rings. The van der Waals surface area contributed by atoms with E-state index < -0.39 is 0 Å². The van der Waals surface area contributed by atoms with Crippen molar-refractivity contribution in [3.63, 3.8) is 0 Å². The topological polar surface area (TPSA) is 63.1 Å². The van der Waals surface area contributed by atoms with Crippen molar-refractivity contribution >= 4 is 5.91 Å². The maximum Gasteiger partial charge on any atom is 0.237 e. The maximum absolute atomic E-state index is 13.1. The monoisotopic (exact) mass is 357 g/mol. The fraction of sp³-hybridized carbons (Fsp3) is 0.526. The fourth-order valence-electron chi connectivity index (χ4n) is 3.92. The Bertz CT molecular complexity index is 773. The number of amides is 1. The van der Waals surface area contributed by atoms with E-state index in [-0.39, 0.29) is 17.8 Å². The second kappa shape index (κ2) is 7.53. The van der Waals surface area contributed by atoms with Crippen LogP contribution in [0.25, 0.3) is 0 Å². The molecule has 1 unspecified atom stereocenters. The summed E-state index contributed by atoms with van der Waals surface area (Å²) in [5, 5.41) is 11.5. The van der Waals surface area contributed by atoms with E-state index in [1.54, 1.807) is 12.1 Å². The highest BCUT2D eigenvalue weighted by atomic mass is 19.1. The molecule has 4 rings (SSSR count). The summed E-state index contributed by atoms with van der Waals surface area (Å²) in [4.78, 5) is 14.9. The molecule has 3 heterocycles. The van der Waals surface area contributed by atoms with Crippen molar-refractivity contribution in [1.29, 1.82) is 0 Å². The Hall–Kier alpha value is -2.28. The minimum absolute atomic E-state index is 0.0396. The lowest BCUT2D eigenvalue weighted by atomic mass is 10.1. The molecule has 1 atom stereocenters. The molecule has 1 saturated heterocycles. The predicted octanol–water partition coefficient (Wildman–Crippen LogP) is 2.03. The lowest BCUT2D eigenvalue weighted by molar-refractivity contribution is -0.125. The van der Waals surface area contributed by atoms with Crippen molar-refractivity contribution in [3.8, 4) is 0 Å². The van der Waals surface area contributed by atoms with Crippen molar-refractivity contribution in [2.45, 2.75) is 57.8 Å². The molecular formula is C19H24FN5O. The zero-order valence-corrected chi connectivity index (χ0v) is 14.8. The van der Waals surface area contributed by atoms with Crippen LogP contribution >= 0.6 is 0 Å². The van der Waals surface area contributed by atoms with Gasteiger partial charge in [-0.05, 0) is 49.9 Å². The summed E-state index contributed by atoms with van der Waals surface area (Å²) in [6, 6.07) is 6.36. The Kier molecular flexibility index (Phi) is 4.97. The molecule has 2 aliphatic heterocycles. The van der Waals surface area contributed by atoms with Crippen LogP contribution in [0.3, 0.4) is 0 Å². The highest BCUT2D eigenvalue weighted by Crippen LogP contribution is 2.21. The number of hydrogen-bond donors (Lipinski definition) is 1. The first-order chi connectivity index (χ1) is 12.7. The quantitative estimate of drug-likeness (QED) is 0.889. The van der Waals surface area contributed by atoms with Crippen molar-refractivity contribution in [2.24, 2.45) is 0 Å². The van der Waals surface area contributed by atoms with Crippen LogP contribution in [0.1, 0.15) is 42.9 Å².